The van der Waals surface area contributed by atoms with Crippen LogP contribution in [0.25, 0.3) is 0 Å². The maximum absolute atomic E-state index is 4.49. The fourth-order valence-corrected chi connectivity index (χ4v) is 4.33. The highest BCUT2D eigenvalue weighted by Gasteiger charge is 2.10. The van der Waals surface area contributed by atoms with E-state index >= 15 is 0 Å². The molecule has 0 atom stereocenters. The molecule has 21 heavy (non-hydrogen) atoms. The molecule has 0 saturated heterocycles. The molecule has 0 N–H and O–H groups in total. The maximum Gasteiger partial charge on any atom is 0.191 e. The second-order valence-electron chi connectivity index (χ2n) is 4.66. The molecule has 0 saturated carbocycles. The van der Waals surface area contributed by atoms with Crippen molar-refractivity contribution in [2.24, 2.45) is 0 Å². The molecule has 3 aromatic heterocycles. The van der Waals surface area contributed by atoms with Crippen LogP contribution < -0.4 is 0 Å². The molecule has 0 unspecified atom stereocenters. The number of thioether (sulfide) groups is 1. The summed E-state index contributed by atoms with van der Waals surface area (Å²) in [5, 5.41) is 14.8. The Morgan fingerprint density at radius 3 is 2.86 bits per heavy atom. The van der Waals surface area contributed by atoms with E-state index in [4.69, 9.17) is 0 Å². The van der Waals surface area contributed by atoms with Gasteiger partial charge in [-0.15, -0.1) is 32.9 Å². The molecule has 0 amide bonds. The average Bonchev–Trinajstić information content (AvgIpc) is 3.17. The van der Waals surface area contributed by atoms with Gasteiger partial charge in [-0.25, -0.2) is 4.98 Å². The van der Waals surface area contributed by atoms with Crippen LogP contribution in [-0.4, -0.2) is 19.7 Å². The summed E-state index contributed by atoms with van der Waals surface area (Å²) in [6.07, 6.45) is 1.03. The summed E-state index contributed by atoms with van der Waals surface area (Å²) in [5.41, 5.74) is 1.12. The van der Waals surface area contributed by atoms with Crippen LogP contribution in [-0.2, 0) is 18.7 Å². The van der Waals surface area contributed by atoms with Crippen LogP contribution in [0, 0.1) is 13.8 Å². The predicted octanol–water partition coefficient (Wildman–Crippen LogP) is 3.95. The minimum atomic E-state index is 0.849. The first-order valence-electron chi connectivity index (χ1n) is 6.68. The molecule has 3 aromatic rings. The van der Waals surface area contributed by atoms with E-state index < -0.39 is 0 Å². The summed E-state index contributed by atoms with van der Waals surface area (Å²) >= 11 is 5.20. The molecule has 0 aliphatic heterocycles. The average molecular weight is 337 g/mol. The third kappa shape index (κ3) is 3.72. The number of aromatic nitrogens is 4. The second kappa shape index (κ2) is 6.72. The zero-order chi connectivity index (χ0) is 14.7. The third-order valence-electron chi connectivity index (χ3n) is 3.08. The van der Waals surface area contributed by atoms with Crippen molar-refractivity contribution in [2.45, 2.75) is 37.7 Å². The topological polar surface area (TPSA) is 43.6 Å². The molecule has 3 rings (SSSR count). The van der Waals surface area contributed by atoms with Gasteiger partial charge in [0.05, 0.1) is 10.7 Å². The molecular formula is C14H16N4S3. The molecule has 110 valence electrons. The fraction of sp³-hybridized carbons (Fsp3) is 0.357. The highest BCUT2D eigenvalue weighted by Crippen LogP contribution is 2.23. The van der Waals surface area contributed by atoms with Gasteiger partial charge in [0.15, 0.2) is 5.16 Å². The Bertz CT molecular complexity index is 700. The van der Waals surface area contributed by atoms with Gasteiger partial charge >= 0.3 is 0 Å². The van der Waals surface area contributed by atoms with E-state index in [0.717, 1.165) is 40.4 Å². The minimum absolute atomic E-state index is 0.849. The lowest BCUT2D eigenvalue weighted by atomic mass is 10.3. The first-order valence-corrected chi connectivity index (χ1v) is 9.43. The number of rotatable bonds is 6. The zero-order valence-electron chi connectivity index (χ0n) is 11.9. The highest BCUT2D eigenvalue weighted by atomic mass is 32.2. The number of aryl methyl sites for hydroxylation is 3. The van der Waals surface area contributed by atoms with Crippen molar-refractivity contribution >= 4 is 34.4 Å². The summed E-state index contributed by atoms with van der Waals surface area (Å²) in [7, 11) is 0. The lowest BCUT2D eigenvalue weighted by Gasteiger charge is -2.06. The number of thiophene rings is 1. The molecule has 0 aliphatic rings. The Labute approximate surface area is 136 Å². The standard InChI is InChI=1S/C14H16N4S3/c1-10-16-17-14(21-9-12-8-20-11(2)15-12)18(10)6-5-13-4-3-7-19-13/h3-4,7-8H,5-6,9H2,1-2H3. The van der Waals surface area contributed by atoms with Crippen LogP contribution in [0.4, 0.5) is 0 Å². The summed E-state index contributed by atoms with van der Waals surface area (Å²) in [5.74, 6) is 1.82. The Morgan fingerprint density at radius 2 is 2.14 bits per heavy atom. The Morgan fingerprint density at radius 1 is 1.24 bits per heavy atom. The van der Waals surface area contributed by atoms with E-state index in [1.54, 1.807) is 34.4 Å². The SMILES string of the molecule is Cc1nc(CSc2nnc(C)n2CCc2cccs2)cs1. The van der Waals surface area contributed by atoms with Gasteiger partial charge in [0.25, 0.3) is 0 Å². The van der Waals surface area contributed by atoms with E-state index in [9.17, 15) is 0 Å². The fourth-order valence-electron chi connectivity index (χ4n) is 2.02. The Balaban J connectivity index is 1.65. The number of hydrogen-bond acceptors (Lipinski definition) is 6. The summed E-state index contributed by atoms with van der Waals surface area (Å²) < 4.78 is 2.20. The lowest BCUT2D eigenvalue weighted by molar-refractivity contribution is 0.621. The maximum atomic E-state index is 4.49. The van der Waals surface area contributed by atoms with Gasteiger partial charge in [0, 0.05) is 22.6 Å². The van der Waals surface area contributed by atoms with E-state index in [2.05, 4.69) is 42.6 Å². The first kappa shape index (κ1) is 14.7. The second-order valence-corrected chi connectivity index (χ2v) is 7.69. The molecule has 0 fully saturated rings. The quantitative estimate of drug-likeness (QED) is 0.639. The van der Waals surface area contributed by atoms with Crippen molar-refractivity contribution in [3.63, 3.8) is 0 Å². The first-order chi connectivity index (χ1) is 10.2. The molecule has 0 bridgehead atoms. The van der Waals surface area contributed by atoms with Crippen LogP contribution in [0.3, 0.4) is 0 Å². The van der Waals surface area contributed by atoms with Crippen molar-refractivity contribution in [3.8, 4) is 0 Å². The van der Waals surface area contributed by atoms with Crippen LogP contribution >= 0.6 is 34.4 Å². The molecule has 0 spiro atoms. The molecule has 7 heteroatoms. The van der Waals surface area contributed by atoms with Gasteiger partial charge in [0.2, 0.25) is 0 Å². The van der Waals surface area contributed by atoms with Crippen molar-refractivity contribution < 1.29 is 0 Å². The summed E-state index contributed by atoms with van der Waals surface area (Å²) in [6, 6.07) is 4.27. The largest absolute Gasteiger partial charge is 0.306 e. The van der Waals surface area contributed by atoms with Crippen LogP contribution in [0.5, 0.6) is 0 Å². The Kier molecular flexibility index (Phi) is 4.72. The zero-order valence-corrected chi connectivity index (χ0v) is 14.4. The van der Waals surface area contributed by atoms with Crippen molar-refractivity contribution in [1.82, 2.24) is 19.7 Å². The smallest absolute Gasteiger partial charge is 0.191 e. The van der Waals surface area contributed by atoms with Crippen LogP contribution in [0.1, 0.15) is 21.4 Å². The van der Waals surface area contributed by atoms with Crippen LogP contribution in [0.15, 0.2) is 28.0 Å². The van der Waals surface area contributed by atoms with Crippen molar-refractivity contribution in [1.29, 1.82) is 0 Å². The molecule has 0 radical (unpaired) electrons. The Hall–Kier alpha value is -1.18. The van der Waals surface area contributed by atoms with Gasteiger partial charge < -0.3 is 4.57 Å². The van der Waals surface area contributed by atoms with Gasteiger partial charge in [-0.05, 0) is 31.7 Å². The number of nitrogens with zero attached hydrogens (tertiary/aromatic N) is 4. The lowest BCUT2D eigenvalue weighted by Crippen LogP contribution is -2.04. The van der Waals surface area contributed by atoms with Crippen molar-refractivity contribution in [2.75, 3.05) is 0 Å². The molecule has 0 aromatic carbocycles. The number of hydrogen-bond donors (Lipinski definition) is 0. The van der Waals surface area contributed by atoms with E-state index in [1.165, 1.54) is 4.88 Å². The minimum Gasteiger partial charge on any atom is -0.306 e. The monoisotopic (exact) mass is 336 g/mol. The van der Waals surface area contributed by atoms with E-state index in [-0.39, 0.29) is 0 Å². The molecule has 4 nitrogen and oxygen atoms in total. The third-order valence-corrected chi connectivity index (χ3v) is 5.84. The normalized spacial score (nSPS) is 11.1. The molecule has 3 heterocycles. The van der Waals surface area contributed by atoms with Gasteiger partial charge in [-0.3, -0.25) is 0 Å². The summed E-state index contributed by atoms with van der Waals surface area (Å²) in [6.45, 7) is 4.97. The van der Waals surface area contributed by atoms with Gasteiger partial charge in [0.1, 0.15) is 5.82 Å². The summed E-state index contributed by atoms with van der Waals surface area (Å²) in [4.78, 5) is 5.89. The van der Waals surface area contributed by atoms with Gasteiger partial charge in [-0.2, -0.15) is 0 Å². The van der Waals surface area contributed by atoms with Crippen LogP contribution in [0.2, 0.25) is 0 Å². The molecular weight excluding hydrogens is 320 g/mol. The molecule has 0 aliphatic carbocycles. The van der Waals surface area contributed by atoms with Crippen molar-refractivity contribution in [3.05, 3.63) is 44.3 Å². The highest BCUT2D eigenvalue weighted by molar-refractivity contribution is 7.98. The number of thiazole rings is 1. The van der Waals surface area contributed by atoms with E-state index in [1.807, 2.05) is 13.8 Å². The van der Waals surface area contributed by atoms with Gasteiger partial charge in [-0.1, -0.05) is 17.8 Å². The predicted molar refractivity (Wildman–Crippen MR) is 89.2 cm³/mol. The van der Waals surface area contributed by atoms with E-state index in [0.29, 0.717) is 0 Å².